The molecule has 1 aliphatic heterocycles. The maximum atomic E-state index is 2.79. The summed E-state index contributed by atoms with van der Waals surface area (Å²) in [6.07, 6.45) is 2.40. The van der Waals surface area contributed by atoms with Crippen LogP contribution >= 0.6 is 0 Å². The Morgan fingerprint density at radius 1 is 0.758 bits per heavy atom. The van der Waals surface area contributed by atoms with Gasteiger partial charge in [-0.05, 0) is 66.3 Å². The molecule has 1 saturated heterocycles. The molecule has 3 aromatic carbocycles. The second-order valence-corrected chi connectivity index (χ2v) is 11.7. The average Bonchev–Trinajstić information content (AvgIpc) is 3.26. The van der Waals surface area contributed by atoms with Crippen LogP contribution in [0.25, 0.3) is 0 Å². The molecule has 0 amide bonds. The number of anilines is 1. The third-order valence-electron chi connectivity index (χ3n) is 8.28. The van der Waals surface area contributed by atoms with Crippen LogP contribution in [0.3, 0.4) is 0 Å². The third kappa shape index (κ3) is 3.61. The zero-order chi connectivity index (χ0) is 23.4. The van der Waals surface area contributed by atoms with Crippen LogP contribution in [0.1, 0.15) is 100.0 Å². The number of benzene rings is 3. The molecular formula is C32H39N. The van der Waals surface area contributed by atoms with Crippen molar-refractivity contribution in [1.29, 1.82) is 0 Å². The molecule has 1 unspecified atom stereocenters. The van der Waals surface area contributed by atoms with Gasteiger partial charge in [0.15, 0.2) is 0 Å². The summed E-state index contributed by atoms with van der Waals surface area (Å²) in [5.41, 5.74) is 9.39. The summed E-state index contributed by atoms with van der Waals surface area (Å²) < 4.78 is 0. The Morgan fingerprint density at radius 3 is 2.00 bits per heavy atom. The average molecular weight is 438 g/mol. The van der Waals surface area contributed by atoms with Crippen LogP contribution in [-0.4, -0.2) is 12.1 Å². The number of hydrogen-bond acceptors (Lipinski definition) is 1. The van der Waals surface area contributed by atoms with Gasteiger partial charge in [-0.3, -0.25) is 0 Å². The van der Waals surface area contributed by atoms with E-state index in [1.54, 1.807) is 11.1 Å². The van der Waals surface area contributed by atoms with E-state index in [1.165, 1.54) is 35.2 Å². The monoisotopic (exact) mass is 437 g/mol. The van der Waals surface area contributed by atoms with Gasteiger partial charge in [0.05, 0.1) is 0 Å². The lowest BCUT2D eigenvalue weighted by atomic mass is 9.76. The molecule has 0 N–H and O–H groups in total. The van der Waals surface area contributed by atoms with E-state index in [1.807, 2.05) is 0 Å². The summed E-state index contributed by atoms with van der Waals surface area (Å²) >= 11 is 0. The van der Waals surface area contributed by atoms with E-state index in [-0.39, 0.29) is 11.0 Å². The van der Waals surface area contributed by atoms with Gasteiger partial charge in [0.25, 0.3) is 0 Å². The molecule has 0 aromatic heterocycles. The number of fused-ring (bicyclic) bond motifs is 2. The largest absolute Gasteiger partial charge is 0.365 e. The summed E-state index contributed by atoms with van der Waals surface area (Å²) in [6, 6.07) is 27.5. The Hall–Kier alpha value is -2.54. The second kappa shape index (κ2) is 8.05. The molecule has 1 aliphatic carbocycles. The van der Waals surface area contributed by atoms with E-state index >= 15 is 0 Å². The molecule has 1 heterocycles. The van der Waals surface area contributed by atoms with Gasteiger partial charge in [-0.1, -0.05) is 100 Å². The molecule has 172 valence electrons. The van der Waals surface area contributed by atoms with Gasteiger partial charge >= 0.3 is 0 Å². The highest BCUT2D eigenvalue weighted by Crippen LogP contribution is 2.58. The molecule has 0 radical (unpaired) electrons. The van der Waals surface area contributed by atoms with Crippen molar-refractivity contribution in [1.82, 2.24) is 0 Å². The molecule has 2 aliphatic rings. The number of hydrogen-bond donors (Lipinski definition) is 0. The SMILES string of the molecule is CC(C)c1cccc(C(C)C)c1N1C[C@]2(CC(c3ccccc3)c3ccccc32)CC1(C)C. The molecule has 3 aromatic rings. The topological polar surface area (TPSA) is 3.24 Å². The molecule has 33 heavy (non-hydrogen) atoms. The molecule has 0 bridgehead atoms. The van der Waals surface area contributed by atoms with E-state index in [0.717, 1.165) is 6.54 Å². The van der Waals surface area contributed by atoms with Crippen molar-refractivity contribution >= 4 is 5.69 Å². The minimum absolute atomic E-state index is 0.104. The Balaban J connectivity index is 1.64. The van der Waals surface area contributed by atoms with Crippen molar-refractivity contribution in [2.24, 2.45) is 0 Å². The first-order chi connectivity index (χ1) is 15.7. The van der Waals surface area contributed by atoms with Crippen LogP contribution in [0.4, 0.5) is 5.69 Å². The summed E-state index contributed by atoms with van der Waals surface area (Å²) in [4.78, 5) is 2.79. The summed E-state index contributed by atoms with van der Waals surface area (Å²) in [5, 5.41) is 0. The minimum atomic E-state index is 0.104. The van der Waals surface area contributed by atoms with E-state index < -0.39 is 0 Å². The fourth-order valence-electron chi connectivity index (χ4n) is 6.90. The van der Waals surface area contributed by atoms with Crippen molar-refractivity contribution < 1.29 is 0 Å². The summed E-state index contributed by atoms with van der Waals surface area (Å²) in [7, 11) is 0. The van der Waals surface area contributed by atoms with Gasteiger partial charge in [-0.2, -0.15) is 0 Å². The highest BCUT2D eigenvalue weighted by Gasteiger charge is 2.55. The molecule has 1 heteroatoms. The van der Waals surface area contributed by atoms with Gasteiger partial charge in [0.2, 0.25) is 0 Å². The number of nitrogens with zero attached hydrogens (tertiary/aromatic N) is 1. The Bertz CT molecular complexity index is 1110. The van der Waals surface area contributed by atoms with E-state index in [0.29, 0.717) is 17.8 Å². The highest BCUT2D eigenvalue weighted by molar-refractivity contribution is 5.66. The lowest BCUT2D eigenvalue weighted by Gasteiger charge is -2.38. The molecule has 5 rings (SSSR count). The van der Waals surface area contributed by atoms with Gasteiger partial charge in [0.1, 0.15) is 0 Å². The zero-order valence-corrected chi connectivity index (χ0v) is 21.2. The standard InChI is InChI=1S/C32H39N/c1-22(2)25-16-12-17-26(23(3)4)30(25)33-21-32(20-31(33,5)6)19-28(24-13-8-7-9-14-24)27-15-10-11-18-29(27)32/h7-18,22-23,28H,19-21H2,1-6H3/t28?,32-/m0/s1. The first-order valence-electron chi connectivity index (χ1n) is 12.8. The lowest BCUT2D eigenvalue weighted by Crippen LogP contribution is -2.39. The van der Waals surface area contributed by atoms with Gasteiger partial charge < -0.3 is 4.90 Å². The molecule has 1 fully saturated rings. The smallest absolute Gasteiger partial charge is 0.0441 e. The van der Waals surface area contributed by atoms with Gasteiger partial charge in [-0.25, -0.2) is 0 Å². The van der Waals surface area contributed by atoms with E-state index in [2.05, 4.69) is 119 Å². The van der Waals surface area contributed by atoms with Crippen molar-refractivity contribution in [3.8, 4) is 0 Å². The summed E-state index contributed by atoms with van der Waals surface area (Å²) in [6.45, 7) is 15.4. The zero-order valence-electron chi connectivity index (χ0n) is 21.2. The van der Waals surface area contributed by atoms with Crippen LogP contribution in [0.5, 0.6) is 0 Å². The number of rotatable bonds is 4. The maximum Gasteiger partial charge on any atom is 0.0441 e. The fraction of sp³-hybridized carbons (Fsp3) is 0.438. The first kappa shape index (κ1) is 22.3. The molecule has 1 nitrogen and oxygen atoms in total. The Morgan fingerprint density at radius 2 is 1.36 bits per heavy atom. The predicted molar refractivity (Wildman–Crippen MR) is 142 cm³/mol. The first-order valence-corrected chi connectivity index (χ1v) is 12.8. The van der Waals surface area contributed by atoms with Crippen molar-refractivity contribution in [3.05, 3.63) is 101 Å². The molecule has 0 saturated carbocycles. The van der Waals surface area contributed by atoms with Crippen LogP contribution in [0.15, 0.2) is 72.8 Å². The Labute approximate surface area is 200 Å². The van der Waals surface area contributed by atoms with Gasteiger partial charge in [-0.15, -0.1) is 0 Å². The number of para-hydroxylation sites is 1. The van der Waals surface area contributed by atoms with Crippen molar-refractivity contribution in [2.75, 3.05) is 11.4 Å². The van der Waals surface area contributed by atoms with Crippen LogP contribution in [-0.2, 0) is 5.41 Å². The van der Waals surface area contributed by atoms with Crippen molar-refractivity contribution in [3.63, 3.8) is 0 Å². The lowest BCUT2D eigenvalue weighted by molar-refractivity contribution is 0.404. The molecule has 1 spiro atoms. The minimum Gasteiger partial charge on any atom is -0.365 e. The third-order valence-corrected chi connectivity index (χ3v) is 8.28. The summed E-state index contributed by atoms with van der Waals surface area (Å²) in [5.74, 6) is 1.51. The quantitative estimate of drug-likeness (QED) is 0.396. The molecule has 2 atom stereocenters. The van der Waals surface area contributed by atoms with E-state index in [9.17, 15) is 0 Å². The Kier molecular flexibility index (Phi) is 5.43. The van der Waals surface area contributed by atoms with Crippen LogP contribution in [0, 0.1) is 0 Å². The normalized spacial score (nSPS) is 23.6. The van der Waals surface area contributed by atoms with Crippen LogP contribution in [0.2, 0.25) is 0 Å². The predicted octanol–water partition coefficient (Wildman–Crippen LogP) is 8.40. The van der Waals surface area contributed by atoms with Crippen LogP contribution < -0.4 is 4.90 Å². The van der Waals surface area contributed by atoms with Gasteiger partial charge in [0, 0.05) is 29.1 Å². The highest BCUT2D eigenvalue weighted by atomic mass is 15.2. The molecular weight excluding hydrogens is 398 g/mol. The second-order valence-electron chi connectivity index (χ2n) is 11.7. The fourth-order valence-corrected chi connectivity index (χ4v) is 6.90. The maximum absolute atomic E-state index is 2.79. The van der Waals surface area contributed by atoms with E-state index in [4.69, 9.17) is 0 Å². The van der Waals surface area contributed by atoms with Crippen molar-refractivity contribution in [2.45, 2.75) is 83.1 Å².